The van der Waals surface area contributed by atoms with Gasteiger partial charge in [-0.15, -0.1) is 0 Å². The molecule has 0 bridgehead atoms. The number of halogens is 1. The summed E-state index contributed by atoms with van der Waals surface area (Å²) < 4.78 is 1.15. The number of carbonyl (C=O) groups excluding carboxylic acids is 1. The number of amides is 1. The average Bonchev–Trinajstić information content (AvgIpc) is 2.29. The molecule has 0 aliphatic rings. The van der Waals surface area contributed by atoms with Crippen LogP contribution in [0.3, 0.4) is 0 Å². The molecule has 1 amide bonds. The standard InChI is InChI=1S/C10H14IN3O2/c11-6-2-1-3-7-12-10(16)8-4-5-9(15)14-13-8/h4-5H,1-3,6-7H2,(H,12,16)(H,14,15). The maximum absolute atomic E-state index is 11.5. The molecule has 0 radical (unpaired) electrons. The molecule has 1 aromatic heterocycles. The monoisotopic (exact) mass is 335 g/mol. The lowest BCUT2D eigenvalue weighted by Gasteiger charge is -2.03. The van der Waals surface area contributed by atoms with E-state index in [4.69, 9.17) is 0 Å². The van der Waals surface area contributed by atoms with Crippen LogP contribution in [0.15, 0.2) is 16.9 Å². The molecule has 0 saturated carbocycles. The van der Waals surface area contributed by atoms with Gasteiger partial charge in [-0.05, 0) is 23.3 Å². The Kier molecular flexibility index (Phi) is 6.05. The van der Waals surface area contributed by atoms with Gasteiger partial charge in [-0.1, -0.05) is 29.0 Å². The van der Waals surface area contributed by atoms with Crippen molar-refractivity contribution in [2.24, 2.45) is 0 Å². The molecule has 0 aliphatic carbocycles. The average molecular weight is 335 g/mol. The molecular formula is C10H14IN3O2. The molecule has 2 N–H and O–H groups in total. The number of nitrogens with one attached hydrogen (secondary N) is 2. The van der Waals surface area contributed by atoms with Crippen molar-refractivity contribution in [1.82, 2.24) is 15.5 Å². The van der Waals surface area contributed by atoms with Crippen LogP contribution >= 0.6 is 22.6 Å². The fourth-order valence-corrected chi connectivity index (χ4v) is 1.70. The van der Waals surface area contributed by atoms with E-state index in [0.29, 0.717) is 6.54 Å². The second kappa shape index (κ2) is 7.37. The molecule has 1 rings (SSSR count). The first-order valence-corrected chi connectivity index (χ1v) is 6.66. The molecule has 0 fully saturated rings. The van der Waals surface area contributed by atoms with Crippen molar-refractivity contribution in [1.29, 1.82) is 0 Å². The Morgan fingerprint density at radius 1 is 1.38 bits per heavy atom. The van der Waals surface area contributed by atoms with Crippen molar-refractivity contribution >= 4 is 28.5 Å². The van der Waals surface area contributed by atoms with Gasteiger partial charge in [0.1, 0.15) is 5.69 Å². The van der Waals surface area contributed by atoms with E-state index in [-0.39, 0.29) is 17.2 Å². The molecule has 16 heavy (non-hydrogen) atoms. The van der Waals surface area contributed by atoms with Gasteiger partial charge in [-0.25, -0.2) is 5.10 Å². The number of hydrogen-bond donors (Lipinski definition) is 2. The topological polar surface area (TPSA) is 74.8 Å². The highest BCUT2D eigenvalue weighted by Crippen LogP contribution is 1.98. The van der Waals surface area contributed by atoms with Gasteiger partial charge in [-0.2, -0.15) is 5.10 Å². The number of H-pyrrole nitrogens is 1. The Labute approximate surface area is 107 Å². The van der Waals surface area contributed by atoms with Gasteiger partial charge in [0.25, 0.3) is 11.5 Å². The van der Waals surface area contributed by atoms with Gasteiger partial charge in [0.2, 0.25) is 0 Å². The van der Waals surface area contributed by atoms with Crippen LogP contribution in [0.4, 0.5) is 0 Å². The fourth-order valence-electron chi connectivity index (χ4n) is 1.16. The summed E-state index contributed by atoms with van der Waals surface area (Å²) in [5, 5.41) is 8.62. The van der Waals surface area contributed by atoms with Crippen LogP contribution in [0.25, 0.3) is 0 Å². The lowest BCUT2D eigenvalue weighted by Crippen LogP contribution is -2.26. The summed E-state index contributed by atoms with van der Waals surface area (Å²) in [7, 11) is 0. The predicted molar refractivity (Wildman–Crippen MR) is 69.9 cm³/mol. The van der Waals surface area contributed by atoms with Gasteiger partial charge < -0.3 is 5.32 Å². The second-order valence-corrected chi connectivity index (χ2v) is 4.39. The van der Waals surface area contributed by atoms with E-state index in [1.165, 1.54) is 18.6 Å². The third kappa shape index (κ3) is 4.73. The summed E-state index contributed by atoms with van der Waals surface area (Å²) in [5.41, 5.74) is -0.0629. The summed E-state index contributed by atoms with van der Waals surface area (Å²) in [4.78, 5) is 22.2. The number of nitrogens with zero attached hydrogens (tertiary/aromatic N) is 1. The smallest absolute Gasteiger partial charge is 0.271 e. The number of hydrogen-bond acceptors (Lipinski definition) is 3. The summed E-state index contributed by atoms with van der Waals surface area (Å²) in [6.07, 6.45) is 3.26. The zero-order chi connectivity index (χ0) is 11.8. The molecule has 0 aliphatic heterocycles. The number of alkyl halides is 1. The molecule has 5 nitrogen and oxygen atoms in total. The molecule has 6 heteroatoms. The van der Waals surface area contributed by atoms with E-state index in [0.717, 1.165) is 17.3 Å². The minimum atomic E-state index is -0.307. The first-order valence-electron chi connectivity index (χ1n) is 5.14. The fraction of sp³-hybridized carbons (Fsp3) is 0.500. The van der Waals surface area contributed by atoms with Crippen LogP contribution in [0.5, 0.6) is 0 Å². The Hall–Kier alpha value is -0.920. The van der Waals surface area contributed by atoms with Gasteiger partial charge in [0.15, 0.2) is 0 Å². The second-order valence-electron chi connectivity index (χ2n) is 3.31. The molecule has 0 spiro atoms. The van der Waals surface area contributed by atoms with Crippen molar-refractivity contribution in [3.05, 3.63) is 28.2 Å². The molecule has 0 aromatic carbocycles. The lowest BCUT2D eigenvalue weighted by atomic mass is 10.2. The van der Waals surface area contributed by atoms with E-state index >= 15 is 0 Å². The maximum atomic E-state index is 11.5. The summed E-state index contributed by atoms with van der Waals surface area (Å²) >= 11 is 2.33. The number of rotatable bonds is 6. The van der Waals surface area contributed by atoms with Gasteiger partial charge in [0, 0.05) is 12.6 Å². The molecular weight excluding hydrogens is 321 g/mol. The van der Waals surface area contributed by atoms with E-state index in [1.54, 1.807) is 0 Å². The van der Waals surface area contributed by atoms with Crippen molar-refractivity contribution in [3.8, 4) is 0 Å². The summed E-state index contributed by atoms with van der Waals surface area (Å²) in [6.45, 7) is 0.649. The minimum Gasteiger partial charge on any atom is -0.351 e. The highest BCUT2D eigenvalue weighted by atomic mass is 127. The Morgan fingerprint density at radius 3 is 2.81 bits per heavy atom. The van der Waals surface area contributed by atoms with Crippen LogP contribution in [-0.2, 0) is 0 Å². The molecule has 0 unspecified atom stereocenters. The molecule has 1 aromatic rings. The first-order chi connectivity index (χ1) is 7.74. The van der Waals surface area contributed by atoms with Gasteiger partial charge in [0.05, 0.1) is 0 Å². The van der Waals surface area contributed by atoms with Crippen LogP contribution in [0.1, 0.15) is 29.8 Å². The van der Waals surface area contributed by atoms with Crippen LogP contribution in [0.2, 0.25) is 0 Å². The van der Waals surface area contributed by atoms with E-state index in [9.17, 15) is 9.59 Å². The zero-order valence-corrected chi connectivity index (χ0v) is 11.0. The van der Waals surface area contributed by atoms with Gasteiger partial charge >= 0.3 is 0 Å². The van der Waals surface area contributed by atoms with Crippen LogP contribution in [-0.4, -0.2) is 27.1 Å². The third-order valence-corrected chi connectivity index (χ3v) is 2.77. The molecule has 0 saturated heterocycles. The Balaban J connectivity index is 2.30. The Bertz CT molecular complexity index is 371. The van der Waals surface area contributed by atoms with Crippen LogP contribution < -0.4 is 10.9 Å². The number of carbonyl (C=O) groups is 1. The normalized spacial score (nSPS) is 10.1. The minimum absolute atomic E-state index is 0.244. The number of unbranched alkanes of at least 4 members (excludes halogenated alkanes) is 2. The van der Waals surface area contributed by atoms with Crippen molar-refractivity contribution < 1.29 is 4.79 Å². The molecule has 1 heterocycles. The maximum Gasteiger partial charge on any atom is 0.271 e. The Morgan fingerprint density at radius 2 is 2.19 bits per heavy atom. The largest absolute Gasteiger partial charge is 0.351 e. The van der Waals surface area contributed by atoms with Crippen molar-refractivity contribution in [2.75, 3.05) is 11.0 Å². The van der Waals surface area contributed by atoms with Gasteiger partial charge in [-0.3, -0.25) is 9.59 Å². The number of aromatic amines is 1. The predicted octanol–water partition coefficient (Wildman–Crippen LogP) is 1.10. The van der Waals surface area contributed by atoms with E-state index in [2.05, 4.69) is 38.1 Å². The van der Waals surface area contributed by atoms with Crippen LogP contribution in [0, 0.1) is 0 Å². The van der Waals surface area contributed by atoms with Crippen molar-refractivity contribution in [3.63, 3.8) is 0 Å². The van der Waals surface area contributed by atoms with E-state index in [1.807, 2.05) is 0 Å². The van der Waals surface area contributed by atoms with E-state index < -0.39 is 0 Å². The molecule has 0 atom stereocenters. The SMILES string of the molecule is O=C(NCCCCCI)c1ccc(=O)[nH]n1. The summed E-state index contributed by atoms with van der Waals surface area (Å²) in [5.74, 6) is -0.245. The zero-order valence-electron chi connectivity index (χ0n) is 8.83. The highest BCUT2D eigenvalue weighted by Gasteiger charge is 2.05. The lowest BCUT2D eigenvalue weighted by molar-refractivity contribution is 0.0947. The van der Waals surface area contributed by atoms with Crippen molar-refractivity contribution in [2.45, 2.75) is 19.3 Å². The quantitative estimate of drug-likeness (QED) is 0.465. The summed E-state index contributed by atoms with van der Waals surface area (Å²) in [6, 6.07) is 2.71. The first kappa shape index (κ1) is 13.1. The molecule has 88 valence electrons. The highest BCUT2D eigenvalue weighted by molar-refractivity contribution is 14.1. The number of aromatic nitrogens is 2. The third-order valence-electron chi connectivity index (χ3n) is 2.01.